The molecule has 0 bridgehead atoms. The third kappa shape index (κ3) is 3.68. The lowest BCUT2D eigenvalue weighted by Gasteiger charge is -2.17. The molecule has 0 aliphatic carbocycles. The van der Waals surface area contributed by atoms with Gasteiger partial charge in [0.25, 0.3) is 0 Å². The molecule has 20 heavy (non-hydrogen) atoms. The highest BCUT2D eigenvalue weighted by atomic mass is 32.1. The third-order valence-corrected chi connectivity index (χ3v) is 4.13. The highest BCUT2D eigenvalue weighted by Crippen LogP contribution is 2.25. The number of rotatable bonds is 6. The number of thiophene rings is 1. The maximum Gasteiger partial charge on any atom is 0.320 e. The van der Waals surface area contributed by atoms with Gasteiger partial charge in [-0.3, -0.25) is 10.1 Å². The van der Waals surface area contributed by atoms with Gasteiger partial charge in [0, 0.05) is 11.4 Å². The Kier molecular flexibility index (Phi) is 4.93. The molecule has 0 fully saturated rings. The summed E-state index contributed by atoms with van der Waals surface area (Å²) >= 11 is 1.65. The van der Waals surface area contributed by atoms with Crippen molar-refractivity contribution in [1.29, 1.82) is 0 Å². The van der Waals surface area contributed by atoms with Crippen LogP contribution >= 0.6 is 11.3 Å². The molecule has 0 aliphatic heterocycles. The van der Waals surface area contributed by atoms with Crippen LogP contribution in [0, 0.1) is 5.92 Å². The number of carboxylic acid groups (broad SMARTS) is 1. The van der Waals surface area contributed by atoms with Crippen molar-refractivity contribution >= 4 is 17.3 Å². The van der Waals surface area contributed by atoms with E-state index in [1.807, 2.05) is 32.0 Å². The Balaban J connectivity index is 2.02. The van der Waals surface area contributed by atoms with Crippen LogP contribution in [0.25, 0.3) is 11.1 Å². The minimum absolute atomic E-state index is 0.0704. The van der Waals surface area contributed by atoms with Crippen molar-refractivity contribution in [3.05, 3.63) is 46.7 Å². The predicted octanol–water partition coefficient (Wildman–Crippen LogP) is 3.61. The first kappa shape index (κ1) is 14.8. The Bertz CT molecular complexity index is 563. The average Bonchev–Trinajstić information content (AvgIpc) is 2.88. The summed E-state index contributed by atoms with van der Waals surface area (Å²) in [5.74, 6) is -0.721. The number of carboxylic acids is 1. The van der Waals surface area contributed by atoms with E-state index in [0.29, 0.717) is 6.54 Å². The summed E-state index contributed by atoms with van der Waals surface area (Å²) in [4.78, 5) is 12.3. The van der Waals surface area contributed by atoms with Gasteiger partial charge in [0.05, 0.1) is 0 Å². The summed E-state index contributed by atoms with van der Waals surface area (Å²) in [5.41, 5.74) is 2.37. The molecule has 1 atom stereocenters. The van der Waals surface area contributed by atoms with E-state index in [-0.39, 0.29) is 5.92 Å². The molecule has 0 saturated carbocycles. The molecule has 2 aromatic rings. The minimum Gasteiger partial charge on any atom is -0.480 e. The van der Waals surface area contributed by atoms with Crippen molar-refractivity contribution in [2.75, 3.05) is 0 Å². The average molecular weight is 289 g/mol. The first-order valence-corrected chi connectivity index (χ1v) is 7.55. The van der Waals surface area contributed by atoms with E-state index in [0.717, 1.165) is 4.88 Å². The molecule has 0 aliphatic rings. The van der Waals surface area contributed by atoms with Crippen molar-refractivity contribution in [3.8, 4) is 11.1 Å². The second-order valence-corrected chi connectivity index (χ2v) is 6.10. The van der Waals surface area contributed by atoms with Crippen LogP contribution in [0.1, 0.15) is 18.7 Å². The Hall–Kier alpha value is -1.65. The van der Waals surface area contributed by atoms with Gasteiger partial charge in [-0.2, -0.15) is 0 Å². The Labute approximate surface area is 123 Å². The predicted molar refractivity (Wildman–Crippen MR) is 82.9 cm³/mol. The van der Waals surface area contributed by atoms with Crippen LogP contribution < -0.4 is 5.32 Å². The van der Waals surface area contributed by atoms with E-state index < -0.39 is 12.0 Å². The Morgan fingerprint density at radius 1 is 1.25 bits per heavy atom. The smallest absolute Gasteiger partial charge is 0.320 e. The van der Waals surface area contributed by atoms with E-state index in [2.05, 4.69) is 28.9 Å². The van der Waals surface area contributed by atoms with Crippen LogP contribution in [0.2, 0.25) is 0 Å². The Morgan fingerprint density at radius 2 is 1.95 bits per heavy atom. The molecular formula is C16H19NO2S. The van der Waals surface area contributed by atoms with Crippen LogP contribution in [0.4, 0.5) is 0 Å². The summed E-state index contributed by atoms with van der Waals surface area (Å²) in [7, 11) is 0. The summed E-state index contributed by atoms with van der Waals surface area (Å²) in [6.07, 6.45) is 0. The first-order chi connectivity index (χ1) is 9.58. The lowest BCUT2D eigenvalue weighted by Crippen LogP contribution is -2.40. The molecule has 0 saturated heterocycles. The number of carbonyl (C=O) groups is 1. The number of benzene rings is 1. The molecule has 0 amide bonds. The largest absolute Gasteiger partial charge is 0.480 e. The third-order valence-electron chi connectivity index (χ3n) is 3.19. The quantitative estimate of drug-likeness (QED) is 0.854. The summed E-state index contributed by atoms with van der Waals surface area (Å²) in [5, 5.41) is 14.4. The highest BCUT2D eigenvalue weighted by Gasteiger charge is 2.20. The van der Waals surface area contributed by atoms with Crippen molar-refractivity contribution in [2.45, 2.75) is 26.4 Å². The molecule has 0 spiro atoms. The van der Waals surface area contributed by atoms with Crippen molar-refractivity contribution in [3.63, 3.8) is 0 Å². The molecule has 4 heteroatoms. The SMILES string of the molecule is CC(C)[C@@H](NCc1cc(-c2ccccc2)cs1)C(=O)O. The zero-order valence-corrected chi connectivity index (χ0v) is 12.5. The van der Waals surface area contributed by atoms with Gasteiger partial charge in [-0.05, 0) is 28.5 Å². The zero-order chi connectivity index (χ0) is 14.5. The van der Waals surface area contributed by atoms with Crippen LogP contribution in [0.5, 0.6) is 0 Å². The molecule has 1 aromatic carbocycles. The van der Waals surface area contributed by atoms with Crippen molar-refractivity contribution in [1.82, 2.24) is 5.32 Å². The fourth-order valence-electron chi connectivity index (χ4n) is 2.07. The Morgan fingerprint density at radius 3 is 2.55 bits per heavy atom. The van der Waals surface area contributed by atoms with Crippen LogP contribution in [0.15, 0.2) is 41.8 Å². The van der Waals surface area contributed by atoms with Gasteiger partial charge in [-0.15, -0.1) is 11.3 Å². The fraction of sp³-hybridized carbons (Fsp3) is 0.312. The summed E-state index contributed by atoms with van der Waals surface area (Å²) in [6.45, 7) is 4.41. The molecule has 3 nitrogen and oxygen atoms in total. The van der Waals surface area contributed by atoms with Gasteiger partial charge in [-0.1, -0.05) is 44.2 Å². The van der Waals surface area contributed by atoms with E-state index in [1.54, 1.807) is 11.3 Å². The number of hydrogen-bond acceptors (Lipinski definition) is 3. The highest BCUT2D eigenvalue weighted by molar-refractivity contribution is 7.10. The van der Waals surface area contributed by atoms with Gasteiger partial charge >= 0.3 is 5.97 Å². The van der Waals surface area contributed by atoms with Gasteiger partial charge in [0.15, 0.2) is 0 Å². The number of aliphatic carboxylic acids is 1. The number of hydrogen-bond donors (Lipinski definition) is 2. The van der Waals surface area contributed by atoms with Crippen LogP contribution in [-0.2, 0) is 11.3 Å². The van der Waals surface area contributed by atoms with Gasteiger partial charge in [0.2, 0.25) is 0 Å². The molecule has 0 unspecified atom stereocenters. The van der Waals surface area contributed by atoms with E-state index in [4.69, 9.17) is 5.11 Å². The first-order valence-electron chi connectivity index (χ1n) is 6.67. The van der Waals surface area contributed by atoms with Gasteiger partial charge < -0.3 is 5.11 Å². The van der Waals surface area contributed by atoms with Crippen LogP contribution in [-0.4, -0.2) is 17.1 Å². The molecule has 2 rings (SSSR count). The molecule has 1 heterocycles. The van der Waals surface area contributed by atoms with Gasteiger partial charge in [-0.25, -0.2) is 0 Å². The van der Waals surface area contributed by atoms with E-state index in [1.165, 1.54) is 11.1 Å². The molecule has 106 valence electrons. The van der Waals surface area contributed by atoms with Crippen LogP contribution in [0.3, 0.4) is 0 Å². The fourth-order valence-corrected chi connectivity index (χ4v) is 2.92. The summed E-state index contributed by atoms with van der Waals surface area (Å²) < 4.78 is 0. The molecular weight excluding hydrogens is 270 g/mol. The van der Waals surface area contributed by atoms with E-state index >= 15 is 0 Å². The lowest BCUT2D eigenvalue weighted by atomic mass is 10.0. The summed E-state index contributed by atoms with van der Waals surface area (Å²) in [6, 6.07) is 11.8. The molecule has 1 aromatic heterocycles. The van der Waals surface area contributed by atoms with E-state index in [9.17, 15) is 4.79 Å². The van der Waals surface area contributed by atoms with Gasteiger partial charge in [0.1, 0.15) is 6.04 Å². The molecule has 0 radical (unpaired) electrons. The maximum atomic E-state index is 11.1. The monoisotopic (exact) mass is 289 g/mol. The second kappa shape index (κ2) is 6.68. The second-order valence-electron chi connectivity index (χ2n) is 5.11. The number of nitrogens with one attached hydrogen (secondary N) is 1. The van der Waals surface area contributed by atoms with Crippen molar-refractivity contribution < 1.29 is 9.90 Å². The maximum absolute atomic E-state index is 11.1. The molecule has 2 N–H and O–H groups in total. The topological polar surface area (TPSA) is 49.3 Å². The zero-order valence-electron chi connectivity index (χ0n) is 11.7. The minimum atomic E-state index is -0.792. The standard InChI is InChI=1S/C16H19NO2S/c1-11(2)15(16(18)19)17-9-14-8-13(10-20-14)12-6-4-3-5-7-12/h3-8,10-11,15,17H,9H2,1-2H3,(H,18,19)/t15-/m1/s1. The van der Waals surface area contributed by atoms with Crippen molar-refractivity contribution in [2.24, 2.45) is 5.92 Å². The lowest BCUT2D eigenvalue weighted by molar-refractivity contribution is -0.140. The normalized spacial score (nSPS) is 12.6.